The number of rotatable bonds is 5. The van der Waals surface area contributed by atoms with Crippen LogP contribution in [0.1, 0.15) is 28.8 Å². The van der Waals surface area contributed by atoms with Gasteiger partial charge in [0.1, 0.15) is 4.83 Å². The monoisotopic (exact) mass is 367 g/mol. The van der Waals surface area contributed by atoms with Crippen LogP contribution in [0.5, 0.6) is 0 Å². The maximum atomic E-state index is 9.61. The molecule has 0 unspecified atom stereocenters. The minimum Gasteiger partial charge on any atom is -0.392 e. The number of fused-ring (bicyclic) bond motifs is 3. The van der Waals surface area contributed by atoms with Crippen LogP contribution in [-0.2, 0) is 6.42 Å². The topological polar surface area (TPSA) is 75.3 Å². The average molecular weight is 367 g/mol. The van der Waals surface area contributed by atoms with E-state index in [2.05, 4.69) is 36.4 Å². The standard InChI is InChI=1S/C19H21N5OS/c1-11(25)10-20-19-22-18-16(12(2)13(3)26-18)17-21-15(23-24(17)19)9-14-7-5-4-6-8-14/h4-8,11,25H,9-10H2,1-3H3,(H,20,22)/t11-/m0/s1. The molecule has 0 spiro atoms. The van der Waals surface area contributed by atoms with E-state index in [4.69, 9.17) is 9.97 Å². The van der Waals surface area contributed by atoms with Gasteiger partial charge < -0.3 is 10.4 Å². The predicted octanol–water partition coefficient (Wildman–Crippen LogP) is 3.34. The number of aliphatic hydroxyl groups is 1. The first-order chi connectivity index (χ1) is 12.5. The first-order valence-corrected chi connectivity index (χ1v) is 9.46. The van der Waals surface area contributed by atoms with E-state index in [9.17, 15) is 5.11 Å². The number of hydrogen-bond acceptors (Lipinski definition) is 6. The van der Waals surface area contributed by atoms with E-state index >= 15 is 0 Å². The van der Waals surface area contributed by atoms with Gasteiger partial charge in [-0.2, -0.15) is 4.52 Å². The van der Waals surface area contributed by atoms with Crippen LogP contribution in [0.25, 0.3) is 15.9 Å². The van der Waals surface area contributed by atoms with Gasteiger partial charge in [-0.05, 0) is 31.9 Å². The van der Waals surface area contributed by atoms with Crippen molar-refractivity contribution in [2.75, 3.05) is 11.9 Å². The Morgan fingerprint density at radius 2 is 1.96 bits per heavy atom. The molecule has 4 rings (SSSR count). The van der Waals surface area contributed by atoms with E-state index in [1.165, 1.54) is 16.0 Å². The molecule has 3 aromatic heterocycles. The fourth-order valence-electron chi connectivity index (χ4n) is 2.97. The highest BCUT2D eigenvalue weighted by Gasteiger charge is 2.18. The fourth-order valence-corrected chi connectivity index (χ4v) is 3.99. The second kappa shape index (κ2) is 6.66. The van der Waals surface area contributed by atoms with Crippen molar-refractivity contribution in [3.8, 4) is 0 Å². The van der Waals surface area contributed by atoms with Crippen LogP contribution >= 0.6 is 11.3 Å². The molecular weight excluding hydrogens is 346 g/mol. The Labute approximate surface area is 155 Å². The number of hydrogen-bond donors (Lipinski definition) is 2. The van der Waals surface area contributed by atoms with Gasteiger partial charge in [-0.15, -0.1) is 16.4 Å². The van der Waals surface area contributed by atoms with Crippen LogP contribution in [-0.4, -0.2) is 37.3 Å². The summed E-state index contributed by atoms with van der Waals surface area (Å²) in [6, 6.07) is 10.2. The number of aliphatic hydroxyl groups excluding tert-OH is 1. The Morgan fingerprint density at radius 1 is 1.19 bits per heavy atom. The van der Waals surface area contributed by atoms with E-state index in [0.29, 0.717) is 18.9 Å². The van der Waals surface area contributed by atoms with Crippen molar-refractivity contribution in [3.05, 3.63) is 52.2 Å². The lowest BCUT2D eigenvalue weighted by atomic mass is 10.1. The quantitative estimate of drug-likeness (QED) is 0.566. The summed E-state index contributed by atoms with van der Waals surface area (Å²) >= 11 is 1.66. The molecule has 6 nitrogen and oxygen atoms in total. The smallest absolute Gasteiger partial charge is 0.227 e. The van der Waals surface area contributed by atoms with Crippen molar-refractivity contribution >= 4 is 33.1 Å². The SMILES string of the molecule is Cc1sc2nc(NC[C@H](C)O)n3nc(Cc4ccccc4)nc3c2c1C. The molecular formula is C19H21N5OS. The third-order valence-electron chi connectivity index (χ3n) is 4.41. The molecule has 0 aliphatic rings. The lowest BCUT2D eigenvalue weighted by Crippen LogP contribution is -2.18. The molecule has 7 heteroatoms. The van der Waals surface area contributed by atoms with Gasteiger partial charge in [-0.3, -0.25) is 0 Å². The highest BCUT2D eigenvalue weighted by atomic mass is 32.1. The zero-order valence-corrected chi connectivity index (χ0v) is 15.8. The second-order valence-electron chi connectivity index (χ2n) is 6.55. The summed E-state index contributed by atoms with van der Waals surface area (Å²) in [5.74, 6) is 1.37. The number of anilines is 1. The molecule has 0 bridgehead atoms. The maximum absolute atomic E-state index is 9.61. The number of nitrogens with one attached hydrogen (secondary N) is 1. The summed E-state index contributed by atoms with van der Waals surface area (Å²) in [5, 5.41) is 18.6. The Morgan fingerprint density at radius 3 is 2.69 bits per heavy atom. The molecule has 1 atom stereocenters. The Bertz CT molecular complexity index is 1070. The molecule has 0 aliphatic heterocycles. The van der Waals surface area contributed by atoms with E-state index in [0.717, 1.165) is 21.7 Å². The normalized spacial score (nSPS) is 12.8. The lowest BCUT2D eigenvalue weighted by Gasteiger charge is -2.09. The van der Waals surface area contributed by atoms with Crippen molar-refractivity contribution < 1.29 is 5.11 Å². The van der Waals surface area contributed by atoms with Crippen LogP contribution in [0.3, 0.4) is 0 Å². The number of benzene rings is 1. The fraction of sp³-hybridized carbons (Fsp3) is 0.316. The summed E-state index contributed by atoms with van der Waals surface area (Å²) < 4.78 is 1.77. The minimum atomic E-state index is -0.471. The zero-order chi connectivity index (χ0) is 18.3. The van der Waals surface area contributed by atoms with Crippen molar-refractivity contribution in [2.24, 2.45) is 0 Å². The zero-order valence-electron chi connectivity index (χ0n) is 15.0. The number of thiophene rings is 1. The maximum Gasteiger partial charge on any atom is 0.227 e. The molecule has 2 N–H and O–H groups in total. The molecule has 0 radical (unpaired) electrons. The van der Waals surface area contributed by atoms with Gasteiger partial charge in [0.05, 0.1) is 11.5 Å². The number of nitrogens with zero attached hydrogens (tertiary/aromatic N) is 4. The van der Waals surface area contributed by atoms with Gasteiger partial charge in [-0.1, -0.05) is 30.3 Å². The van der Waals surface area contributed by atoms with Crippen LogP contribution in [0, 0.1) is 13.8 Å². The summed E-state index contributed by atoms with van der Waals surface area (Å²) in [4.78, 5) is 11.7. The Kier molecular flexibility index (Phi) is 4.34. The van der Waals surface area contributed by atoms with Crippen molar-refractivity contribution in [3.63, 3.8) is 0 Å². The predicted molar refractivity (Wildman–Crippen MR) is 105 cm³/mol. The number of aryl methyl sites for hydroxylation is 2. The lowest BCUT2D eigenvalue weighted by molar-refractivity contribution is 0.208. The van der Waals surface area contributed by atoms with Gasteiger partial charge in [0.15, 0.2) is 11.5 Å². The third-order valence-corrected chi connectivity index (χ3v) is 5.51. The highest BCUT2D eigenvalue weighted by Crippen LogP contribution is 2.32. The molecule has 0 fully saturated rings. The minimum absolute atomic E-state index is 0.408. The highest BCUT2D eigenvalue weighted by molar-refractivity contribution is 7.18. The van der Waals surface area contributed by atoms with Gasteiger partial charge in [0, 0.05) is 17.8 Å². The molecule has 4 aromatic rings. The molecule has 0 saturated heterocycles. The first kappa shape index (κ1) is 16.9. The molecule has 0 amide bonds. The average Bonchev–Trinajstić information content (AvgIpc) is 3.14. The molecule has 134 valence electrons. The van der Waals surface area contributed by atoms with Gasteiger partial charge in [-0.25, -0.2) is 9.97 Å². The Balaban J connectivity index is 1.86. The van der Waals surface area contributed by atoms with Crippen LogP contribution in [0.2, 0.25) is 0 Å². The van der Waals surface area contributed by atoms with E-state index in [1.807, 2.05) is 18.2 Å². The first-order valence-electron chi connectivity index (χ1n) is 8.64. The van der Waals surface area contributed by atoms with Gasteiger partial charge in [0.25, 0.3) is 0 Å². The molecule has 26 heavy (non-hydrogen) atoms. The summed E-state index contributed by atoms with van der Waals surface area (Å²) in [7, 11) is 0. The largest absolute Gasteiger partial charge is 0.392 e. The van der Waals surface area contributed by atoms with Crippen molar-refractivity contribution in [2.45, 2.75) is 33.3 Å². The molecule has 3 heterocycles. The number of aromatic nitrogens is 4. The molecule has 0 aliphatic carbocycles. The van der Waals surface area contributed by atoms with Crippen molar-refractivity contribution in [1.82, 2.24) is 19.6 Å². The third kappa shape index (κ3) is 3.04. The van der Waals surface area contributed by atoms with Crippen LogP contribution in [0.4, 0.5) is 5.95 Å². The van der Waals surface area contributed by atoms with E-state index < -0.39 is 6.10 Å². The Hall–Kier alpha value is -2.51. The van der Waals surface area contributed by atoms with E-state index in [1.54, 1.807) is 22.8 Å². The summed E-state index contributed by atoms with van der Waals surface area (Å²) in [6.07, 6.45) is 0.198. The summed E-state index contributed by atoms with van der Waals surface area (Å²) in [6.45, 7) is 6.35. The molecule has 0 saturated carbocycles. The van der Waals surface area contributed by atoms with Crippen LogP contribution < -0.4 is 5.32 Å². The summed E-state index contributed by atoms with van der Waals surface area (Å²) in [5.41, 5.74) is 3.18. The van der Waals surface area contributed by atoms with Gasteiger partial charge >= 0.3 is 0 Å². The second-order valence-corrected chi connectivity index (χ2v) is 7.76. The molecule has 1 aromatic carbocycles. The van der Waals surface area contributed by atoms with Crippen molar-refractivity contribution in [1.29, 1.82) is 0 Å². The van der Waals surface area contributed by atoms with E-state index in [-0.39, 0.29) is 0 Å². The van der Waals surface area contributed by atoms with Gasteiger partial charge in [0.2, 0.25) is 5.95 Å². The van der Waals surface area contributed by atoms with Crippen LogP contribution in [0.15, 0.2) is 30.3 Å².